The van der Waals surface area contributed by atoms with Crippen LogP contribution in [0.4, 0.5) is 0 Å². The maximum atomic E-state index is 12.4. The molecule has 1 N–H and O–H groups in total. The van der Waals surface area contributed by atoms with E-state index in [1.165, 1.54) is 29.6 Å². The molecule has 9 nitrogen and oxygen atoms in total. The molecular weight excluding hydrogens is 360 g/mol. The number of aryl methyl sites for hydroxylation is 1. The van der Waals surface area contributed by atoms with Crippen molar-refractivity contribution in [2.45, 2.75) is 13.5 Å². The van der Waals surface area contributed by atoms with Gasteiger partial charge in [0.25, 0.3) is 11.5 Å². The fourth-order valence-corrected chi connectivity index (χ4v) is 2.76. The van der Waals surface area contributed by atoms with E-state index >= 15 is 0 Å². The van der Waals surface area contributed by atoms with Crippen LogP contribution in [0.2, 0.25) is 0 Å². The van der Waals surface area contributed by atoms with E-state index in [0.717, 1.165) is 15.7 Å². The average molecular weight is 380 g/mol. The predicted octanol–water partition coefficient (Wildman–Crippen LogP) is 0.639. The number of nitrogens with one attached hydrogen (secondary N) is 1. The van der Waals surface area contributed by atoms with Gasteiger partial charge in [-0.1, -0.05) is 36.4 Å². The number of carbonyl (C=O) groups is 1. The first kappa shape index (κ1) is 19.0. The summed E-state index contributed by atoms with van der Waals surface area (Å²) in [5.41, 5.74) is 3.75. The summed E-state index contributed by atoms with van der Waals surface area (Å²) in [6.45, 7) is 1.72. The smallest absolute Gasteiger partial charge is 0.315 e. The number of hydrogen-bond donors (Lipinski definition) is 1. The molecule has 0 saturated heterocycles. The fraction of sp³-hybridized carbons (Fsp3) is 0.211. The summed E-state index contributed by atoms with van der Waals surface area (Å²) < 4.78 is 3.64. The largest absolute Gasteiger partial charge is 0.332 e. The first-order valence-electron chi connectivity index (χ1n) is 8.54. The van der Waals surface area contributed by atoms with Crippen molar-refractivity contribution in [3.8, 4) is 0 Å². The molecule has 1 aromatic carbocycles. The van der Waals surface area contributed by atoms with Crippen molar-refractivity contribution < 1.29 is 4.79 Å². The van der Waals surface area contributed by atoms with Gasteiger partial charge in [-0.15, -0.1) is 0 Å². The van der Waals surface area contributed by atoms with E-state index in [1.54, 1.807) is 6.21 Å². The van der Waals surface area contributed by atoms with Crippen molar-refractivity contribution in [3.63, 3.8) is 0 Å². The second-order valence-electron chi connectivity index (χ2n) is 6.34. The van der Waals surface area contributed by atoms with Gasteiger partial charge >= 0.3 is 5.69 Å². The molecule has 0 fully saturated rings. The van der Waals surface area contributed by atoms with Gasteiger partial charge in [-0.05, 0) is 18.1 Å². The third-order valence-corrected chi connectivity index (χ3v) is 4.18. The Balaban J connectivity index is 1.73. The van der Waals surface area contributed by atoms with Crippen LogP contribution < -0.4 is 16.7 Å². The third kappa shape index (κ3) is 3.83. The average Bonchev–Trinajstić information content (AvgIpc) is 3.09. The second-order valence-corrected chi connectivity index (χ2v) is 6.34. The lowest BCUT2D eigenvalue weighted by molar-refractivity contribution is -0.121. The van der Waals surface area contributed by atoms with Gasteiger partial charge in [-0.25, -0.2) is 15.2 Å². The van der Waals surface area contributed by atoms with Gasteiger partial charge in [-0.3, -0.25) is 18.7 Å². The van der Waals surface area contributed by atoms with Crippen LogP contribution >= 0.6 is 0 Å². The fourth-order valence-electron chi connectivity index (χ4n) is 2.76. The Hall–Kier alpha value is -3.75. The van der Waals surface area contributed by atoms with Crippen molar-refractivity contribution in [2.75, 3.05) is 0 Å². The highest BCUT2D eigenvalue weighted by Crippen LogP contribution is 2.06. The van der Waals surface area contributed by atoms with Crippen LogP contribution in [0.25, 0.3) is 17.2 Å². The zero-order chi connectivity index (χ0) is 20.3. The van der Waals surface area contributed by atoms with E-state index in [-0.39, 0.29) is 17.7 Å². The molecular formula is C19H20N6O3. The van der Waals surface area contributed by atoms with Gasteiger partial charge in [0.2, 0.25) is 0 Å². The number of benzene rings is 1. The molecule has 0 bridgehead atoms. The van der Waals surface area contributed by atoms with Gasteiger partial charge in [0.1, 0.15) is 6.54 Å². The van der Waals surface area contributed by atoms with E-state index in [9.17, 15) is 14.4 Å². The molecule has 0 aliphatic rings. The molecule has 28 heavy (non-hydrogen) atoms. The number of nitrogens with zero attached hydrogens (tertiary/aromatic N) is 5. The number of imidazole rings is 1. The molecule has 2 heterocycles. The maximum Gasteiger partial charge on any atom is 0.332 e. The summed E-state index contributed by atoms with van der Waals surface area (Å²) in [6.07, 6.45) is 4.83. The first-order valence-corrected chi connectivity index (χ1v) is 8.54. The van der Waals surface area contributed by atoms with Crippen molar-refractivity contribution in [1.82, 2.24) is 24.1 Å². The molecule has 1 amide bonds. The van der Waals surface area contributed by atoms with E-state index in [2.05, 4.69) is 15.5 Å². The molecule has 0 aliphatic heterocycles. The van der Waals surface area contributed by atoms with Crippen molar-refractivity contribution in [3.05, 3.63) is 68.6 Å². The van der Waals surface area contributed by atoms with Crippen LogP contribution in [0.1, 0.15) is 12.5 Å². The van der Waals surface area contributed by atoms with Gasteiger partial charge < -0.3 is 4.57 Å². The summed E-state index contributed by atoms with van der Waals surface area (Å²) in [5.74, 6) is -0.418. The third-order valence-electron chi connectivity index (χ3n) is 4.18. The van der Waals surface area contributed by atoms with E-state index in [4.69, 9.17) is 0 Å². The van der Waals surface area contributed by atoms with Crippen LogP contribution in [0.5, 0.6) is 0 Å². The monoisotopic (exact) mass is 380 g/mol. The highest BCUT2D eigenvalue weighted by molar-refractivity contribution is 5.86. The number of hydrazone groups is 1. The van der Waals surface area contributed by atoms with Crippen molar-refractivity contribution >= 4 is 29.4 Å². The molecule has 0 spiro atoms. The summed E-state index contributed by atoms with van der Waals surface area (Å²) in [6, 6.07) is 9.74. The zero-order valence-electron chi connectivity index (χ0n) is 15.8. The lowest BCUT2D eigenvalue weighted by Gasteiger charge is -2.06. The molecule has 3 rings (SSSR count). The molecule has 3 aromatic rings. The predicted molar refractivity (Wildman–Crippen MR) is 107 cm³/mol. The van der Waals surface area contributed by atoms with E-state index in [0.29, 0.717) is 0 Å². The molecule has 144 valence electrons. The van der Waals surface area contributed by atoms with Gasteiger partial charge in [0.05, 0.1) is 12.5 Å². The number of carbonyl (C=O) groups excluding carboxylic acids is 1. The quantitative estimate of drug-likeness (QED) is 0.518. The number of allylic oxidation sites excluding steroid dienone is 1. The van der Waals surface area contributed by atoms with Crippen molar-refractivity contribution in [1.29, 1.82) is 0 Å². The molecule has 9 heteroatoms. The van der Waals surface area contributed by atoms with Crippen LogP contribution in [0, 0.1) is 0 Å². The SMILES string of the molecule is CC(/C=N/NC(=O)Cn1cnc2c1c(=O)n(C)c(=O)n2C)=C\c1ccccc1. The Bertz CT molecular complexity index is 1200. The number of amides is 1. The lowest BCUT2D eigenvalue weighted by atomic mass is 10.1. The molecule has 0 saturated carbocycles. The summed E-state index contributed by atoms with van der Waals surface area (Å²) in [5, 5.41) is 3.93. The minimum atomic E-state index is -0.506. The lowest BCUT2D eigenvalue weighted by Crippen LogP contribution is -2.38. The minimum Gasteiger partial charge on any atom is -0.315 e. The molecule has 0 radical (unpaired) electrons. The zero-order valence-corrected chi connectivity index (χ0v) is 15.8. The Labute approximate surface area is 160 Å². The van der Waals surface area contributed by atoms with E-state index in [1.807, 2.05) is 43.3 Å². The first-order chi connectivity index (χ1) is 13.4. The molecule has 0 atom stereocenters. The normalized spacial score (nSPS) is 12.0. The van der Waals surface area contributed by atoms with Gasteiger partial charge in [0.15, 0.2) is 11.2 Å². The standard InChI is InChI=1S/C19H20N6O3/c1-13(9-14-7-5-4-6-8-14)10-21-22-15(26)11-25-12-20-17-16(25)18(27)24(3)19(28)23(17)2/h4-10,12H,11H2,1-3H3,(H,22,26)/b13-9+,21-10+. The van der Waals surface area contributed by atoms with Crippen LogP contribution in [0.3, 0.4) is 0 Å². The molecule has 0 unspecified atom stereocenters. The highest BCUT2D eigenvalue weighted by Gasteiger charge is 2.15. The van der Waals surface area contributed by atoms with E-state index < -0.39 is 17.2 Å². The minimum absolute atomic E-state index is 0.150. The number of aromatic nitrogens is 4. The number of rotatable bonds is 5. The summed E-state index contributed by atoms with van der Waals surface area (Å²) in [4.78, 5) is 40.6. The summed E-state index contributed by atoms with van der Waals surface area (Å²) in [7, 11) is 2.90. The Morgan fingerprint density at radius 3 is 2.61 bits per heavy atom. The van der Waals surface area contributed by atoms with Gasteiger partial charge in [-0.2, -0.15) is 5.10 Å². The molecule has 0 aliphatic carbocycles. The van der Waals surface area contributed by atoms with Gasteiger partial charge in [0, 0.05) is 14.1 Å². The maximum absolute atomic E-state index is 12.4. The van der Waals surface area contributed by atoms with Crippen molar-refractivity contribution in [2.24, 2.45) is 19.2 Å². The highest BCUT2D eigenvalue weighted by atomic mass is 16.2. The van der Waals surface area contributed by atoms with Crippen LogP contribution in [-0.2, 0) is 25.4 Å². The second kappa shape index (κ2) is 7.87. The summed E-state index contributed by atoms with van der Waals surface area (Å²) >= 11 is 0. The molecule has 2 aromatic heterocycles. The topological polar surface area (TPSA) is 103 Å². The number of fused-ring (bicyclic) bond motifs is 1. The Morgan fingerprint density at radius 2 is 1.89 bits per heavy atom. The van der Waals surface area contributed by atoms with Crippen LogP contribution in [0.15, 0.2) is 56.9 Å². The Morgan fingerprint density at radius 1 is 1.18 bits per heavy atom. The number of hydrogen-bond acceptors (Lipinski definition) is 5. The Kier molecular flexibility index (Phi) is 5.35. The van der Waals surface area contributed by atoms with Crippen LogP contribution in [-0.4, -0.2) is 30.8 Å².